The van der Waals surface area contributed by atoms with Gasteiger partial charge < -0.3 is 14.7 Å². The second-order valence-electron chi connectivity index (χ2n) is 3.94. The van der Waals surface area contributed by atoms with Gasteiger partial charge in [-0.05, 0) is 12.1 Å². The van der Waals surface area contributed by atoms with Crippen molar-refractivity contribution in [3.63, 3.8) is 0 Å². The molecule has 0 spiro atoms. The predicted molar refractivity (Wildman–Crippen MR) is 60.9 cm³/mol. The van der Waals surface area contributed by atoms with E-state index in [4.69, 9.17) is 0 Å². The van der Waals surface area contributed by atoms with E-state index in [0.29, 0.717) is 11.3 Å². The third kappa shape index (κ3) is 1.73. The minimum absolute atomic E-state index is 0.0362. The number of aromatic hydroxyl groups is 1. The van der Waals surface area contributed by atoms with Gasteiger partial charge in [-0.1, -0.05) is 6.07 Å². The lowest BCUT2D eigenvalue weighted by Crippen LogP contribution is -2.25. The monoisotopic (exact) mass is 235 g/mol. The highest BCUT2D eigenvalue weighted by atomic mass is 16.5. The quantitative estimate of drug-likeness (QED) is 0.777. The maximum absolute atomic E-state index is 12.0. The first-order valence-electron chi connectivity index (χ1n) is 5.22. The van der Waals surface area contributed by atoms with E-state index in [1.165, 1.54) is 18.1 Å². The largest absolute Gasteiger partial charge is 0.508 e. The Morgan fingerprint density at radius 1 is 1.53 bits per heavy atom. The molecule has 2 rings (SSSR count). The molecule has 1 aliphatic heterocycles. The van der Waals surface area contributed by atoms with Gasteiger partial charge in [0.15, 0.2) is 0 Å². The first-order valence-corrected chi connectivity index (χ1v) is 5.22. The van der Waals surface area contributed by atoms with E-state index in [9.17, 15) is 14.7 Å². The molecular formula is C12H13NO4. The minimum atomic E-state index is -0.649. The van der Waals surface area contributed by atoms with Gasteiger partial charge in [-0.3, -0.25) is 9.59 Å². The Kier molecular flexibility index (Phi) is 2.75. The Morgan fingerprint density at radius 2 is 2.24 bits per heavy atom. The number of likely N-dealkylation sites (N-methyl/N-ethyl adjacent to an activating group) is 1. The number of nitrogens with zero attached hydrogens (tertiary/aromatic N) is 1. The van der Waals surface area contributed by atoms with Crippen molar-refractivity contribution >= 4 is 17.6 Å². The zero-order valence-electron chi connectivity index (χ0n) is 9.64. The summed E-state index contributed by atoms with van der Waals surface area (Å²) in [6, 6.07) is 4.91. The van der Waals surface area contributed by atoms with Gasteiger partial charge in [0.2, 0.25) is 5.91 Å². The maximum Gasteiger partial charge on any atom is 0.306 e. The second-order valence-corrected chi connectivity index (χ2v) is 3.94. The molecule has 1 heterocycles. The van der Waals surface area contributed by atoms with Crippen LogP contribution >= 0.6 is 0 Å². The molecule has 5 heteroatoms. The second kappa shape index (κ2) is 4.08. The average Bonchev–Trinajstić information content (AvgIpc) is 2.56. The number of anilines is 1. The summed E-state index contributed by atoms with van der Waals surface area (Å²) < 4.78 is 4.56. The SMILES string of the molecule is COC(=O)C[C@H]1C(=O)N(C)c2cccc(O)c21. The van der Waals surface area contributed by atoms with Crippen LogP contribution in [0.1, 0.15) is 17.9 Å². The van der Waals surface area contributed by atoms with E-state index in [1.807, 2.05) is 0 Å². The lowest BCUT2D eigenvalue weighted by molar-refractivity contribution is -0.142. The van der Waals surface area contributed by atoms with Crippen LogP contribution in [-0.2, 0) is 14.3 Å². The van der Waals surface area contributed by atoms with Crippen molar-refractivity contribution in [3.8, 4) is 5.75 Å². The first kappa shape index (κ1) is 11.4. The number of carbonyl (C=O) groups is 2. The normalized spacial score (nSPS) is 18.1. The standard InChI is InChI=1S/C12H13NO4/c1-13-8-4-3-5-9(14)11(8)7(12(13)16)6-10(15)17-2/h3-5,7,14H,6H2,1-2H3/t7-/m1/s1. The highest BCUT2D eigenvalue weighted by Crippen LogP contribution is 2.43. The lowest BCUT2D eigenvalue weighted by atomic mass is 9.96. The number of fused-ring (bicyclic) bond motifs is 1. The maximum atomic E-state index is 12.0. The molecule has 90 valence electrons. The third-order valence-corrected chi connectivity index (χ3v) is 3.00. The molecule has 1 atom stereocenters. The van der Waals surface area contributed by atoms with Crippen LogP contribution in [0.3, 0.4) is 0 Å². The lowest BCUT2D eigenvalue weighted by Gasteiger charge is -2.09. The molecule has 1 aromatic carbocycles. The fourth-order valence-electron chi connectivity index (χ4n) is 2.11. The van der Waals surface area contributed by atoms with Crippen LogP contribution in [-0.4, -0.2) is 31.1 Å². The smallest absolute Gasteiger partial charge is 0.306 e. The van der Waals surface area contributed by atoms with Crippen LogP contribution in [0.25, 0.3) is 0 Å². The molecule has 0 aromatic heterocycles. The van der Waals surface area contributed by atoms with Gasteiger partial charge in [0.25, 0.3) is 0 Å². The summed E-state index contributed by atoms with van der Waals surface area (Å²) in [5.74, 6) is -1.28. The fraction of sp³-hybridized carbons (Fsp3) is 0.333. The number of methoxy groups -OCH3 is 1. The fourth-order valence-corrected chi connectivity index (χ4v) is 2.11. The van der Waals surface area contributed by atoms with Gasteiger partial charge in [0.05, 0.1) is 25.1 Å². The molecular weight excluding hydrogens is 222 g/mol. The molecule has 17 heavy (non-hydrogen) atoms. The summed E-state index contributed by atoms with van der Waals surface area (Å²) in [7, 11) is 2.90. The summed E-state index contributed by atoms with van der Waals surface area (Å²) in [5, 5.41) is 9.79. The van der Waals surface area contributed by atoms with Gasteiger partial charge in [0, 0.05) is 12.6 Å². The number of phenols is 1. The van der Waals surface area contributed by atoms with Gasteiger partial charge in [-0.25, -0.2) is 0 Å². The molecule has 5 nitrogen and oxygen atoms in total. The number of carbonyl (C=O) groups excluding carboxylic acids is 2. The number of hydrogen-bond donors (Lipinski definition) is 1. The molecule has 1 aromatic rings. The molecule has 1 amide bonds. The van der Waals surface area contributed by atoms with E-state index in [2.05, 4.69) is 4.74 Å². The van der Waals surface area contributed by atoms with Gasteiger partial charge in [0.1, 0.15) is 5.75 Å². The Labute approximate surface area is 98.6 Å². The number of amides is 1. The summed E-state index contributed by atoms with van der Waals surface area (Å²) in [6.07, 6.45) is -0.0513. The van der Waals surface area contributed by atoms with E-state index < -0.39 is 11.9 Å². The summed E-state index contributed by atoms with van der Waals surface area (Å²) in [6.45, 7) is 0. The number of benzene rings is 1. The summed E-state index contributed by atoms with van der Waals surface area (Å²) in [5.41, 5.74) is 1.15. The topological polar surface area (TPSA) is 66.8 Å². The molecule has 0 aliphatic carbocycles. The van der Waals surface area contributed by atoms with Gasteiger partial charge in [-0.15, -0.1) is 0 Å². The molecule has 0 saturated carbocycles. The van der Waals surface area contributed by atoms with E-state index >= 15 is 0 Å². The zero-order chi connectivity index (χ0) is 12.6. The van der Waals surface area contributed by atoms with Crippen molar-refractivity contribution in [2.45, 2.75) is 12.3 Å². The molecule has 1 N–H and O–H groups in total. The van der Waals surface area contributed by atoms with Crippen LogP contribution in [0.2, 0.25) is 0 Å². The van der Waals surface area contributed by atoms with Crippen molar-refractivity contribution in [1.82, 2.24) is 0 Å². The van der Waals surface area contributed by atoms with Crippen LogP contribution in [0.15, 0.2) is 18.2 Å². The number of rotatable bonds is 2. The van der Waals surface area contributed by atoms with E-state index in [1.54, 1.807) is 19.2 Å². The molecule has 0 radical (unpaired) electrons. The zero-order valence-corrected chi connectivity index (χ0v) is 9.64. The summed E-state index contributed by atoms with van der Waals surface area (Å²) >= 11 is 0. The van der Waals surface area contributed by atoms with Crippen molar-refractivity contribution in [2.24, 2.45) is 0 Å². The third-order valence-electron chi connectivity index (χ3n) is 3.00. The first-order chi connectivity index (χ1) is 8.06. The van der Waals surface area contributed by atoms with Gasteiger partial charge in [-0.2, -0.15) is 0 Å². The Hall–Kier alpha value is -2.04. The number of ether oxygens (including phenoxy) is 1. The molecule has 0 fully saturated rings. The number of hydrogen-bond acceptors (Lipinski definition) is 4. The number of phenolic OH excluding ortho intramolecular Hbond substituents is 1. The minimum Gasteiger partial charge on any atom is -0.508 e. The van der Waals surface area contributed by atoms with Crippen molar-refractivity contribution in [2.75, 3.05) is 19.1 Å². The van der Waals surface area contributed by atoms with Crippen molar-refractivity contribution in [1.29, 1.82) is 0 Å². The van der Waals surface area contributed by atoms with Crippen LogP contribution in [0.4, 0.5) is 5.69 Å². The van der Waals surface area contributed by atoms with Gasteiger partial charge >= 0.3 is 5.97 Å². The average molecular weight is 235 g/mol. The molecule has 0 unspecified atom stereocenters. The Bertz CT molecular complexity index is 483. The van der Waals surface area contributed by atoms with E-state index in [-0.39, 0.29) is 18.1 Å². The molecule has 0 saturated heterocycles. The van der Waals surface area contributed by atoms with Crippen molar-refractivity contribution in [3.05, 3.63) is 23.8 Å². The molecule has 1 aliphatic rings. The van der Waals surface area contributed by atoms with Crippen LogP contribution < -0.4 is 4.90 Å². The Balaban J connectivity index is 2.43. The van der Waals surface area contributed by atoms with E-state index in [0.717, 1.165) is 0 Å². The summed E-state index contributed by atoms with van der Waals surface area (Å²) in [4.78, 5) is 24.7. The number of esters is 1. The van der Waals surface area contributed by atoms with Crippen LogP contribution in [0.5, 0.6) is 5.75 Å². The predicted octanol–water partition coefficient (Wildman–Crippen LogP) is 1.02. The Morgan fingerprint density at radius 3 is 2.88 bits per heavy atom. The molecule has 0 bridgehead atoms. The highest BCUT2D eigenvalue weighted by Gasteiger charge is 2.38. The highest BCUT2D eigenvalue weighted by molar-refractivity contribution is 6.06. The van der Waals surface area contributed by atoms with Crippen LogP contribution in [0, 0.1) is 0 Å². The van der Waals surface area contributed by atoms with Crippen molar-refractivity contribution < 1.29 is 19.4 Å².